The highest BCUT2D eigenvalue weighted by Crippen LogP contribution is 2.35. The summed E-state index contributed by atoms with van der Waals surface area (Å²) in [6.45, 7) is 8.08. The number of rotatable bonds is 3. The number of halogens is 4. The molecule has 6 rings (SSSR count). The summed E-state index contributed by atoms with van der Waals surface area (Å²) >= 11 is 24.7. The molecule has 4 aromatic rings. The molecule has 44 heavy (non-hydrogen) atoms. The van der Waals surface area contributed by atoms with Gasteiger partial charge in [-0.3, -0.25) is 23.7 Å². The number of phenols is 1. The molecule has 0 spiro atoms. The highest BCUT2D eigenvalue weighted by Gasteiger charge is 2.27. The van der Waals surface area contributed by atoms with E-state index in [1.54, 1.807) is 69.8 Å². The van der Waals surface area contributed by atoms with Gasteiger partial charge in [-0.2, -0.15) is 0 Å². The molecule has 0 radical (unpaired) electrons. The zero-order valence-electron chi connectivity index (χ0n) is 24.5. The van der Waals surface area contributed by atoms with E-state index >= 15 is 0 Å². The first-order valence-corrected chi connectivity index (χ1v) is 15.8. The van der Waals surface area contributed by atoms with Gasteiger partial charge in [0.1, 0.15) is 21.8 Å². The van der Waals surface area contributed by atoms with E-state index < -0.39 is 11.4 Å². The van der Waals surface area contributed by atoms with Crippen molar-refractivity contribution in [1.82, 2.24) is 18.7 Å². The lowest BCUT2D eigenvalue weighted by Crippen LogP contribution is -2.27. The van der Waals surface area contributed by atoms with Crippen molar-refractivity contribution >= 4 is 52.4 Å². The summed E-state index contributed by atoms with van der Waals surface area (Å²) in [7, 11) is 0. The topological polar surface area (TPSA) is 100 Å². The monoisotopic (exact) mass is 680 g/mol. The maximum absolute atomic E-state index is 12.7. The van der Waals surface area contributed by atoms with E-state index in [2.05, 4.69) is 0 Å². The molecular weight excluding hydrogens is 650 g/mol. The summed E-state index contributed by atoms with van der Waals surface area (Å²) in [5, 5.41) is 11.0. The Labute approximate surface area is 274 Å². The zero-order valence-corrected chi connectivity index (χ0v) is 27.5. The molecule has 0 saturated carbocycles. The smallest absolute Gasteiger partial charge is 0.316 e. The average molecular weight is 682 g/mol. The number of carbonyl (C=O) groups excluding carboxylic acids is 1. The van der Waals surface area contributed by atoms with Crippen LogP contribution in [0.15, 0.2) is 46.0 Å². The van der Waals surface area contributed by atoms with Crippen molar-refractivity contribution in [2.45, 2.75) is 72.6 Å². The van der Waals surface area contributed by atoms with Gasteiger partial charge in [0.15, 0.2) is 0 Å². The van der Waals surface area contributed by atoms with Gasteiger partial charge >= 0.3 is 5.97 Å². The Morgan fingerprint density at radius 1 is 0.705 bits per heavy atom. The predicted molar refractivity (Wildman–Crippen MR) is 174 cm³/mol. The molecule has 13 heteroatoms. The van der Waals surface area contributed by atoms with Gasteiger partial charge in [0, 0.05) is 26.2 Å². The van der Waals surface area contributed by atoms with Crippen molar-refractivity contribution in [2.75, 3.05) is 0 Å². The summed E-state index contributed by atoms with van der Waals surface area (Å²) in [5.41, 5.74) is 1.10. The SMILES string of the molecule is CC(C)(C)C(=O)Oc1cc(-c2c(Cl)n3n(c2=O)CCCC3)ccc1Cl.O=c1c(-c2ccc(Cl)c(O)c2)c(Cl)n2n1CCCC2. The third-order valence-corrected chi connectivity index (χ3v) is 8.99. The molecule has 2 aromatic heterocycles. The van der Waals surface area contributed by atoms with Gasteiger partial charge in [-0.05, 0) is 81.8 Å². The van der Waals surface area contributed by atoms with Crippen LogP contribution in [0, 0.1) is 5.41 Å². The van der Waals surface area contributed by atoms with Crippen LogP contribution in [0.4, 0.5) is 0 Å². The number of carbonyl (C=O) groups is 1. The normalized spacial score (nSPS) is 14.3. The first-order chi connectivity index (χ1) is 20.8. The lowest BCUT2D eigenvalue weighted by molar-refractivity contribution is -0.142. The Bertz CT molecular complexity index is 1860. The number of aromatic hydroxyl groups is 1. The van der Waals surface area contributed by atoms with E-state index in [0.717, 1.165) is 32.2 Å². The van der Waals surface area contributed by atoms with Crippen LogP contribution >= 0.6 is 46.4 Å². The Kier molecular flexibility index (Phi) is 9.33. The van der Waals surface area contributed by atoms with E-state index in [-0.39, 0.29) is 27.6 Å². The van der Waals surface area contributed by atoms with Gasteiger partial charge < -0.3 is 9.84 Å². The number of esters is 1. The number of nitrogens with zero attached hydrogens (tertiary/aromatic N) is 4. The molecule has 1 N–H and O–H groups in total. The molecule has 0 atom stereocenters. The van der Waals surface area contributed by atoms with Crippen molar-refractivity contribution < 1.29 is 14.6 Å². The molecule has 234 valence electrons. The van der Waals surface area contributed by atoms with Crippen LogP contribution in [-0.4, -0.2) is 29.8 Å². The van der Waals surface area contributed by atoms with Crippen molar-refractivity contribution in [3.63, 3.8) is 0 Å². The Morgan fingerprint density at radius 3 is 1.57 bits per heavy atom. The second kappa shape index (κ2) is 12.7. The fourth-order valence-electron chi connectivity index (χ4n) is 5.20. The minimum Gasteiger partial charge on any atom is -0.506 e. The summed E-state index contributed by atoms with van der Waals surface area (Å²) in [5.74, 6) is -0.224. The van der Waals surface area contributed by atoms with Crippen LogP contribution < -0.4 is 15.9 Å². The summed E-state index contributed by atoms with van der Waals surface area (Å²) in [6.07, 6.45) is 3.93. The van der Waals surface area contributed by atoms with E-state index in [1.165, 1.54) is 6.07 Å². The molecule has 4 heterocycles. The van der Waals surface area contributed by atoms with Gasteiger partial charge in [0.05, 0.1) is 26.6 Å². The van der Waals surface area contributed by atoms with Gasteiger partial charge in [-0.15, -0.1) is 0 Å². The van der Waals surface area contributed by atoms with Crippen LogP contribution in [0.5, 0.6) is 11.5 Å². The fraction of sp³-hybridized carbons (Fsp3) is 0.387. The third-order valence-electron chi connectivity index (χ3n) is 7.59. The van der Waals surface area contributed by atoms with E-state index in [9.17, 15) is 19.5 Å². The highest BCUT2D eigenvalue weighted by atomic mass is 35.5. The maximum atomic E-state index is 12.7. The molecule has 2 aliphatic heterocycles. The largest absolute Gasteiger partial charge is 0.506 e. The molecule has 2 aliphatic rings. The van der Waals surface area contributed by atoms with E-state index in [0.29, 0.717) is 57.2 Å². The van der Waals surface area contributed by atoms with Crippen molar-refractivity contribution in [1.29, 1.82) is 0 Å². The molecule has 9 nitrogen and oxygen atoms in total. The number of fused-ring (bicyclic) bond motifs is 2. The summed E-state index contributed by atoms with van der Waals surface area (Å²) < 4.78 is 12.4. The minimum atomic E-state index is -0.661. The number of hydrogen-bond donors (Lipinski definition) is 1. The first kappa shape index (κ1) is 32.3. The van der Waals surface area contributed by atoms with Crippen LogP contribution in [0.25, 0.3) is 22.3 Å². The van der Waals surface area contributed by atoms with Gasteiger partial charge in [0.25, 0.3) is 11.1 Å². The van der Waals surface area contributed by atoms with Crippen molar-refractivity contribution in [2.24, 2.45) is 5.41 Å². The maximum Gasteiger partial charge on any atom is 0.316 e. The van der Waals surface area contributed by atoms with E-state index in [4.69, 9.17) is 51.1 Å². The van der Waals surface area contributed by atoms with Crippen molar-refractivity contribution in [3.05, 3.63) is 77.5 Å². The Morgan fingerprint density at radius 2 is 1.14 bits per heavy atom. The fourth-order valence-corrected chi connectivity index (χ4v) is 6.20. The van der Waals surface area contributed by atoms with Crippen LogP contribution in [0.2, 0.25) is 20.4 Å². The molecule has 0 aliphatic carbocycles. The lowest BCUT2D eigenvalue weighted by atomic mass is 9.97. The summed E-state index contributed by atoms with van der Waals surface area (Å²) in [6, 6.07) is 9.64. The minimum absolute atomic E-state index is 0.0520. The summed E-state index contributed by atoms with van der Waals surface area (Å²) in [4.78, 5) is 37.3. The Balaban J connectivity index is 0.000000181. The van der Waals surface area contributed by atoms with Crippen molar-refractivity contribution in [3.8, 4) is 33.8 Å². The number of phenolic OH excluding ortho intramolecular Hbond substituents is 1. The number of ether oxygens (including phenoxy) is 1. The van der Waals surface area contributed by atoms with Crippen LogP contribution in [0.1, 0.15) is 46.5 Å². The van der Waals surface area contributed by atoms with Gasteiger partial charge in [-0.1, -0.05) is 58.5 Å². The van der Waals surface area contributed by atoms with Crippen LogP contribution in [0.3, 0.4) is 0 Å². The second-order valence-corrected chi connectivity index (χ2v) is 13.3. The third kappa shape index (κ3) is 6.20. The number of hydrogen-bond acceptors (Lipinski definition) is 5. The average Bonchev–Trinajstić information content (AvgIpc) is 3.40. The number of benzene rings is 2. The van der Waals surface area contributed by atoms with E-state index in [1.807, 2.05) is 0 Å². The quantitative estimate of drug-likeness (QED) is 0.178. The van der Waals surface area contributed by atoms with Crippen LogP contribution in [-0.2, 0) is 31.0 Å². The molecule has 2 aromatic carbocycles. The first-order valence-electron chi connectivity index (χ1n) is 14.3. The highest BCUT2D eigenvalue weighted by molar-refractivity contribution is 6.34. The molecular formula is C31H32Cl4N4O5. The molecule has 0 unspecified atom stereocenters. The molecule has 0 bridgehead atoms. The Hall–Kier alpha value is -3.11. The molecule has 0 amide bonds. The second-order valence-electron chi connectivity index (χ2n) is 11.8. The molecule has 0 saturated heterocycles. The van der Waals surface area contributed by atoms with Gasteiger partial charge in [-0.25, -0.2) is 9.36 Å². The molecule has 0 fully saturated rings. The van der Waals surface area contributed by atoms with Gasteiger partial charge in [0.2, 0.25) is 0 Å². The predicted octanol–water partition coefficient (Wildman–Crippen LogP) is 7.49. The zero-order chi connectivity index (χ0) is 31.9. The number of aromatic nitrogens is 4. The standard InChI is InChI=1S/C18H20Cl2N2O3.C13H12Cl2N2O2/c1-18(2,3)17(24)25-13-10-11(6-7-12(13)19)14-15(20)21-8-4-5-9-22(21)16(14)23;14-9-4-3-8(7-10(9)18)11-12(15)16-5-1-2-6-17(16)13(11)19/h6-7,10H,4-5,8-9H2,1-3H3;3-4,7,18H,1-2,5-6H2. The lowest BCUT2D eigenvalue weighted by Gasteiger charge is -2.17.